The Bertz CT molecular complexity index is 795. The van der Waals surface area contributed by atoms with E-state index in [4.69, 9.17) is 0 Å². The topological polar surface area (TPSA) is 105 Å². The van der Waals surface area contributed by atoms with E-state index >= 15 is 0 Å². The zero-order chi connectivity index (χ0) is 18.7. The van der Waals surface area contributed by atoms with Gasteiger partial charge in [0, 0.05) is 18.6 Å². The molecule has 2 heterocycles. The lowest BCUT2D eigenvalue weighted by molar-refractivity contribution is -0.132. The molecule has 1 saturated carbocycles. The summed E-state index contributed by atoms with van der Waals surface area (Å²) in [5.74, 6) is 0.350. The van der Waals surface area contributed by atoms with Crippen molar-refractivity contribution in [3.63, 3.8) is 0 Å². The molecule has 1 N–H and O–H groups in total. The minimum absolute atomic E-state index is 0.0532. The molecule has 0 radical (unpaired) electrons. The molecule has 1 aromatic rings. The van der Waals surface area contributed by atoms with Crippen LogP contribution in [0.4, 0.5) is 0 Å². The zero-order valence-corrected chi connectivity index (χ0v) is 16.6. The van der Waals surface area contributed by atoms with Crippen LogP contribution in [0.2, 0.25) is 0 Å². The van der Waals surface area contributed by atoms with Crippen LogP contribution in [-0.4, -0.2) is 63.3 Å². The molecular weight excluding hydrogens is 376 g/mol. The lowest BCUT2D eigenvalue weighted by atomic mass is 10.1. The highest BCUT2D eigenvalue weighted by atomic mass is 32.2. The van der Waals surface area contributed by atoms with E-state index in [0.717, 1.165) is 32.1 Å². The maximum atomic E-state index is 13.0. The molecule has 3 rings (SSSR count). The number of aromatic amines is 1. The van der Waals surface area contributed by atoms with Crippen LogP contribution < -0.4 is 5.69 Å². The number of amides is 1. The van der Waals surface area contributed by atoms with Crippen molar-refractivity contribution >= 4 is 27.5 Å². The van der Waals surface area contributed by atoms with Crippen molar-refractivity contribution in [2.24, 2.45) is 0 Å². The summed E-state index contributed by atoms with van der Waals surface area (Å²) >= 11 is 1.24. The molecule has 8 nitrogen and oxygen atoms in total. The van der Waals surface area contributed by atoms with Gasteiger partial charge in [-0.1, -0.05) is 31.5 Å². The van der Waals surface area contributed by atoms with Gasteiger partial charge in [0.25, 0.3) is 0 Å². The van der Waals surface area contributed by atoms with Crippen molar-refractivity contribution in [2.45, 2.75) is 69.2 Å². The second-order valence-electron chi connectivity index (χ2n) is 7.05. The molecule has 146 valence electrons. The first-order valence-corrected chi connectivity index (χ1v) is 12.0. The van der Waals surface area contributed by atoms with Gasteiger partial charge >= 0.3 is 5.69 Å². The Morgan fingerprint density at radius 3 is 2.65 bits per heavy atom. The van der Waals surface area contributed by atoms with E-state index in [1.807, 2.05) is 11.8 Å². The van der Waals surface area contributed by atoms with Gasteiger partial charge < -0.3 is 4.90 Å². The smallest absolute Gasteiger partial charge is 0.335 e. The third-order valence-corrected chi connectivity index (χ3v) is 7.81. The summed E-state index contributed by atoms with van der Waals surface area (Å²) < 4.78 is 25.3. The van der Waals surface area contributed by atoms with Gasteiger partial charge in [-0.2, -0.15) is 0 Å². The second-order valence-corrected chi connectivity index (χ2v) is 10.2. The first kappa shape index (κ1) is 19.5. The minimum Gasteiger partial charge on any atom is -0.335 e. The van der Waals surface area contributed by atoms with E-state index in [0.29, 0.717) is 18.1 Å². The van der Waals surface area contributed by atoms with Crippen molar-refractivity contribution in [2.75, 3.05) is 17.3 Å². The van der Waals surface area contributed by atoms with E-state index < -0.39 is 9.84 Å². The SMILES string of the molecule is CCCn1c(SCC(=O)N(C2CCCC2)[C@@H]2CCS(=O)(=O)C2)n[nH]c1=O. The summed E-state index contributed by atoms with van der Waals surface area (Å²) in [6.07, 6.45) is 5.37. The number of aromatic nitrogens is 3. The lowest BCUT2D eigenvalue weighted by Gasteiger charge is -2.34. The number of nitrogens with zero attached hydrogens (tertiary/aromatic N) is 3. The highest BCUT2D eigenvalue weighted by Gasteiger charge is 2.38. The fraction of sp³-hybridized carbons (Fsp3) is 0.812. The third kappa shape index (κ3) is 4.33. The first-order valence-electron chi connectivity index (χ1n) is 9.21. The van der Waals surface area contributed by atoms with Gasteiger partial charge in [0.05, 0.1) is 17.3 Å². The summed E-state index contributed by atoms with van der Waals surface area (Å²) in [6.45, 7) is 2.53. The summed E-state index contributed by atoms with van der Waals surface area (Å²) in [7, 11) is -3.04. The normalized spacial score (nSPS) is 22.7. The Labute approximate surface area is 157 Å². The van der Waals surface area contributed by atoms with Gasteiger partial charge in [-0.15, -0.1) is 5.10 Å². The van der Waals surface area contributed by atoms with Crippen LogP contribution in [0, 0.1) is 0 Å². The number of carbonyl (C=O) groups is 1. The molecule has 0 spiro atoms. The van der Waals surface area contributed by atoms with Crippen molar-refractivity contribution in [3.05, 3.63) is 10.5 Å². The highest BCUT2D eigenvalue weighted by Crippen LogP contribution is 2.30. The maximum absolute atomic E-state index is 13.0. The largest absolute Gasteiger partial charge is 0.343 e. The van der Waals surface area contributed by atoms with Crippen LogP contribution >= 0.6 is 11.8 Å². The molecule has 2 aliphatic rings. The number of carbonyl (C=O) groups excluding carboxylic acids is 1. The predicted molar refractivity (Wildman–Crippen MR) is 100 cm³/mol. The maximum Gasteiger partial charge on any atom is 0.343 e. The zero-order valence-electron chi connectivity index (χ0n) is 15.0. The summed E-state index contributed by atoms with van der Waals surface area (Å²) in [6, 6.07) is -0.0772. The van der Waals surface area contributed by atoms with Crippen LogP contribution in [0.15, 0.2) is 9.95 Å². The Morgan fingerprint density at radius 2 is 2.04 bits per heavy atom. The van der Waals surface area contributed by atoms with Crippen LogP contribution in [0.3, 0.4) is 0 Å². The van der Waals surface area contributed by atoms with Gasteiger partial charge in [0.15, 0.2) is 15.0 Å². The van der Waals surface area contributed by atoms with E-state index in [2.05, 4.69) is 10.2 Å². The molecule has 0 bridgehead atoms. The van der Waals surface area contributed by atoms with Crippen LogP contribution in [0.5, 0.6) is 0 Å². The van der Waals surface area contributed by atoms with E-state index in [1.165, 1.54) is 16.3 Å². The number of H-pyrrole nitrogens is 1. The van der Waals surface area contributed by atoms with Crippen LogP contribution in [0.25, 0.3) is 0 Å². The van der Waals surface area contributed by atoms with E-state index in [1.54, 1.807) is 0 Å². The van der Waals surface area contributed by atoms with Gasteiger partial charge in [-0.05, 0) is 25.7 Å². The number of hydrogen-bond acceptors (Lipinski definition) is 6. The van der Waals surface area contributed by atoms with Gasteiger partial charge in [0.2, 0.25) is 5.91 Å². The molecule has 26 heavy (non-hydrogen) atoms. The number of sulfone groups is 1. The Kier molecular flexibility index (Phi) is 6.11. The third-order valence-electron chi connectivity index (χ3n) is 5.10. The van der Waals surface area contributed by atoms with Crippen molar-refractivity contribution in [3.8, 4) is 0 Å². The second kappa shape index (κ2) is 8.16. The Morgan fingerprint density at radius 1 is 1.31 bits per heavy atom. The van der Waals surface area contributed by atoms with Gasteiger partial charge in [0.1, 0.15) is 0 Å². The van der Waals surface area contributed by atoms with Crippen molar-refractivity contribution < 1.29 is 13.2 Å². The molecule has 1 aliphatic heterocycles. The molecule has 1 amide bonds. The molecule has 1 atom stereocenters. The van der Waals surface area contributed by atoms with Gasteiger partial charge in [-0.3, -0.25) is 9.36 Å². The number of thioether (sulfide) groups is 1. The average Bonchev–Trinajstić information content (AvgIpc) is 3.30. The summed E-state index contributed by atoms with van der Waals surface area (Å²) in [5.41, 5.74) is -0.267. The minimum atomic E-state index is -3.04. The standard InChI is InChI=1S/C16H26N4O4S2/c1-2-8-19-15(22)17-18-16(19)25-10-14(21)20(12-5-3-4-6-12)13-7-9-26(23,24)11-13/h12-13H,2-11H2,1H3,(H,17,22)/t13-/m1/s1. The quantitative estimate of drug-likeness (QED) is 0.683. The highest BCUT2D eigenvalue weighted by molar-refractivity contribution is 7.99. The number of hydrogen-bond donors (Lipinski definition) is 1. The molecule has 2 fully saturated rings. The first-order chi connectivity index (χ1) is 12.4. The summed E-state index contributed by atoms with van der Waals surface area (Å²) in [5, 5.41) is 6.94. The molecule has 0 unspecified atom stereocenters. The Balaban J connectivity index is 1.71. The van der Waals surface area contributed by atoms with Gasteiger partial charge in [-0.25, -0.2) is 18.3 Å². The van der Waals surface area contributed by atoms with E-state index in [9.17, 15) is 18.0 Å². The lowest BCUT2D eigenvalue weighted by Crippen LogP contribution is -2.47. The predicted octanol–water partition coefficient (Wildman–Crippen LogP) is 1.03. The average molecular weight is 403 g/mol. The van der Waals surface area contributed by atoms with Crippen molar-refractivity contribution in [1.82, 2.24) is 19.7 Å². The van der Waals surface area contributed by atoms with Crippen LogP contribution in [0.1, 0.15) is 45.4 Å². The fourth-order valence-corrected chi connectivity index (χ4v) is 6.47. The van der Waals surface area contributed by atoms with Crippen molar-refractivity contribution in [1.29, 1.82) is 0 Å². The molecule has 1 saturated heterocycles. The van der Waals surface area contributed by atoms with Crippen LogP contribution in [-0.2, 0) is 21.2 Å². The Hall–Kier alpha value is -1.29. The number of rotatable bonds is 7. The van der Waals surface area contributed by atoms with E-state index in [-0.39, 0.29) is 40.9 Å². The number of nitrogens with one attached hydrogen (secondary N) is 1. The monoisotopic (exact) mass is 402 g/mol. The fourth-order valence-electron chi connectivity index (χ4n) is 3.92. The molecule has 0 aromatic carbocycles. The molecular formula is C16H26N4O4S2. The summed E-state index contributed by atoms with van der Waals surface area (Å²) in [4.78, 5) is 26.6. The molecule has 1 aromatic heterocycles. The molecule has 10 heteroatoms. The molecule has 1 aliphatic carbocycles.